The van der Waals surface area contributed by atoms with Crippen LogP contribution < -0.4 is 5.32 Å². The van der Waals surface area contributed by atoms with Gasteiger partial charge in [-0.3, -0.25) is 9.69 Å². The smallest absolute Gasteiger partial charge is 0.410 e. The monoisotopic (exact) mass is 483 g/mol. The van der Waals surface area contributed by atoms with Crippen molar-refractivity contribution in [2.45, 2.75) is 78.0 Å². The summed E-state index contributed by atoms with van der Waals surface area (Å²) in [6, 6.07) is 6.33. The molecule has 2 aromatic rings. The van der Waals surface area contributed by atoms with E-state index in [1.807, 2.05) is 38.1 Å². The van der Waals surface area contributed by atoms with Crippen LogP contribution >= 0.6 is 0 Å². The Kier molecular flexibility index (Phi) is 8.25. The van der Waals surface area contributed by atoms with E-state index in [1.165, 1.54) is 17.6 Å². The average molecular weight is 484 g/mol. The second-order valence-electron chi connectivity index (χ2n) is 10.2. The summed E-state index contributed by atoms with van der Waals surface area (Å²) in [6.45, 7) is 9.88. The lowest BCUT2D eigenvalue weighted by molar-refractivity contribution is -0.145. The van der Waals surface area contributed by atoms with Gasteiger partial charge in [-0.2, -0.15) is 0 Å². The van der Waals surface area contributed by atoms with Crippen LogP contribution in [0.2, 0.25) is 0 Å². The van der Waals surface area contributed by atoms with E-state index in [-0.39, 0.29) is 12.3 Å². The third-order valence-corrected chi connectivity index (χ3v) is 6.01. The maximum absolute atomic E-state index is 13.3. The third kappa shape index (κ3) is 6.65. The Bertz CT molecular complexity index is 1110. The first-order chi connectivity index (χ1) is 16.5. The van der Waals surface area contributed by atoms with Crippen LogP contribution in [0.4, 0.5) is 4.79 Å². The first-order valence-corrected chi connectivity index (χ1v) is 12.1. The summed E-state index contributed by atoms with van der Waals surface area (Å²) < 4.78 is 10.5. The molecule has 190 valence electrons. The number of nitrogens with zero attached hydrogens (tertiary/aromatic N) is 1. The first-order valence-electron chi connectivity index (χ1n) is 12.1. The van der Waals surface area contributed by atoms with Crippen LogP contribution in [0.25, 0.3) is 10.9 Å². The molecule has 2 atom stereocenters. The van der Waals surface area contributed by atoms with Crippen LogP contribution in [0, 0.1) is 0 Å². The Morgan fingerprint density at radius 1 is 1.23 bits per heavy atom. The molecule has 0 unspecified atom stereocenters. The highest BCUT2D eigenvalue weighted by Crippen LogP contribution is 2.26. The molecule has 2 N–H and O–H groups in total. The van der Waals surface area contributed by atoms with Gasteiger partial charge in [-0.25, -0.2) is 9.59 Å². The zero-order valence-electron chi connectivity index (χ0n) is 21.6. The molecule has 1 aliphatic rings. The molecule has 0 saturated carbocycles. The molecular formula is C27H37N3O5. The van der Waals surface area contributed by atoms with Crippen molar-refractivity contribution in [2.75, 3.05) is 13.7 Å². The largest absolute Gasteiger partial charge is 0.467 e. The minimum atomic E-state index is -0.891. The summed E-state index contributed by atoms with van der Waals surface area (Å²) in [4.78, 5) is 43.6. The molecule has 1 aliphatic heterocycles. The second kappa shape index (κ2) is 11.0. The van der Waals surface area contributed by atoms with Crippen LogP contribution in [0.5, 0.6) is 0 Å². The summed E-state index contributed by atoms with van der Waals surface area (Å²) >= 11 is 0. The van der Waals surface area contributed by atoms with E-state index in [2.05, 4.69) is 16.4 Å². The fourth-order valence-corrected chi connectivity index (χ4v) is 4.36. The number of ether oxygens (including phenoxy) is 2. The fraction of sp³-hybridized carbons (Fsp3) is 0.519. The standard InChI is InChI=1S/C27H37N3O5/c1-17(2)13-14-21-19(18-10-7-8-11-20(18)28-21)16-22(25(32)34-6)29-24(31)23-12-9-15-30(23)26(33)35-27(3,4)5/h7-8,10-11,13,22-23,28H,9,12,14-16H2,1-6H3,(H,29,31)/t22-,23-/m0/s1. The molecule has 0 bridgehead atoms. The maximum atomic E-state index is 13.3. The lowest BCUT2D eigenvalue weighted by atomic mass is 10.00. The molecule has 2 heterocycles. The number of allylic oxidation sites excluding steroid dienone is 2. The zero-order valence-corrected chi connectivity index (χ0v) is 21.6. The lowest BCUT2D eigenvalue weighted by Gasteiger charge is -2.29. The number of hydrogen-bond donors (Lipinski definition) is 2. The van der Waals surface area contributed by atoms with Crippen molar-refractivity contribution < 1.29 is 23.9 Å². The van der Waals surface area contributed by atoms with Crippen molar-refractivity contribution in [1.29, 1.82) is 0 Å². The quantitative estimate of drug-likeness (QED) is 0.452. The molecule has 8 heteroatoms. The highest BCUT2D eigenvalue weighted by molar-refractivity contribution is 5.91. The van der Waals surface area contributed by atoms with Gasteiger partial charge < -0.3 is 19.8 Å². The Balaban J connectivity index is 1.84. The second-order valence-corrected chi connectivity index (χ2v) is 10.2. The fourth-order valence-electron chi connectivity index (χ4n) is 4.36. The minimum Gasteiger partial charge on any atom is -0.467 e. The Morgan fingerprint density at radius 2 is 1.94 bits per heavy atom. The molecule has 1 aromatic carbocycles. The average Bonchev–Trinajstić information content (AvgIpc) is 3.41. The van der Waals surface area contributed by atoms with E-state index in [4.69, 9.17) is 9.47 Å². The molecular weight excluding hydrogens is 446 g/mol. The number of para-hydroxylation sites is 1. The normalized spacial score (nSPS) is 16.6. The predicted octanol–water partition coefficient (Wildman–Crippen LogP) is 4.28. The molecule has 0 spiro atoms. The number of benzene rings is 1. The predicted molar refractivity (Wildman–Crippen MR) is 135 cm³/mol. The van der Waals surface area contributed by atoms with E-state index in [0.717, 1.165) is 22.2 Å². The van der Waals surface area contributed by atoms with Gasteiger partial charge in [-0.05, 0) is 59.1 Å². The van der Waals surface area contributed by atoms with Crippen molar-refractivity contribution in [3.8, 4) is 0 Å². The van der Waals surface area contributed by atoms with Crippen LogP contribution in [0.3, 0.4) is 0 Å². The lowest BCUT2D eigenvalue weighted by Crippen LogP contribution is -2.52. The summed E-state index contributed by atoms with van der Waals surface area (Å²) in [6.07, 6.45) is 3.76. The summed E-state index contributed by atoms with van der Waals surface area (Å²) in [5.74, 6) is -0.909. The van der Waals surface area contributed by atoms with E-state index in [1.54, 1.807) is 20.8 Å². The summed E-state index contributed by atoms with van der Waals surface area (Å²) in [5.41, 5.74) is 3.46. The van der Waals surface area contributed by atoms with E-state index in [9.17, 15) is 14.4 Å². The van der Waals surface area contributed by atoms with Crippen molar-refractivity contribution in [1.82, 2.24) is 15.2 Å². The van der Waals surface area contributed by atoms with Crippen LogP contribution in [0.1, 0.15) is 58.7 Å². The SMILES string of the molecule is COC(=O)[C@H](Cc1c(CC=C(C)C)[nH]c2ccccc12)NC(=O)[C@@H]1CCCN1C(=O)OC(C)(C)C. The highest BCUT2D eigenvalue weighted by atomic mass is 16.6. The number of nitrogens with one attached hydrogen (secondary N) is 2. The minimum absolute atomic E-state index is 0.271. The number of carbonyl (C=O) groups excluding carboxylic acids is 3. The van der Waals surface area contributed by atoms with E-state index in [0.29, 0.717) is 25.8 Å². The number of H-pyrrole nitrogens is 1. The van der Waals surface area contributed by atoms with Gasteiger partial charge >= 0.3 is 12.1 Å². The number of esters is 1. The van der Waals surface area contributed by atoms with Gasteiger partial charge in [-0.1, -0.05) is 29.8 Å². The number of aromatic amines is 1. The highest BCUT2D eigenvalue weighted by Gasteiger charge is 2.38. The van der Waals surface area contributed by atoms with Gasteiger partial charge in [0.05, 0.1) is 7.11 Å². The molecule has 3 rings (SSSR count). The van der Waals surface area contributed by atoms with Crippen molar-refractivity contribution in [2.24, 2.45) is 0 Å². The molecule has 35 heavy (non-hydrogen) atoms. The first kappa shape index (κ1) is 26.3. The number of aromatic nitrogens is 1. The van der Waals surface area contributed by atoms with Gasteiger partial charge in [0, 0.05) is 36.0 Å². The van der Waals surface area contributed by atoms with Crippen LogP contribution in [-0.2, 0) is 31.9 Å². The van der Waals surface area contributed by atoms with Crippen LogP contribution in [-0.4, -0.2) is 59.2 Å². The van der Waals surface area contributed by atoms with Gasteiger partial charge in [0.25, 0.3) is 0 Å². The number of carbonyl (C=O) groups is 3. The zero-order chi connectivity index (χ0) is 25.8. The van der Waals surface area contributed by atoms with Gasteiger partial charge in [0.2, 0.25) is 5.91 Å². The van der Waals surface area contributed by atoms with Gasteiger partial charge in [-0.15, -0.1) is 0 Å². The number of hydrogen-bond acceptors (Lipinski definition) is 5. The molecule has 0 aliphatic carbocycles. The number of methoxy groups -OCH3 is 1. The van der Waals surface area contributed by atoms with Gasteiger partial charge in [0.1, 0.15) is 17.7 Å². The van der Waals surface area contributed by atoms with Gasteiger partial charge in [0.15, 0.2) is 0 Å². The van der Waals surface area contributed by atoms with Crippen molar-refractivity contribution in [3.05, 3.63) is 47.2 Å². The van der Waals surface area contributed by atoms with Crippen molar-refractivity contribution >= 4 is 28.9 Å². The molecule has 0 radical (unpaired) electrons. The molecule has 8 nitrogen and oxygen atoms in total. The molecule has 1 aromatic heterocycles. The number of amides is 2. The number of rotatable bonds is 7. The Morgan fingerprint density at radius 3 is 2.60 bits per heavy atom. The molecule has 1 fully saturated rings. The Labute approximate surface area is 207 Å². The molecule has 2 amide bonds. The van der Waals surface area contributed by atoms with Crippen LogP contribution in [0.15, 0.2) is 35.9 Å². The Hall–Kier alpha value is -3.29. The third-order valence-electron chi connectivity index (χ3n) is 6.01. The summed E-state index contributed by atoms with van der Waals surface area (Å²) in [7, 11) is 1.31. The number of likely N-dealkylation sites (tertiary alicyclic amines) is 1. The topological polar surface area (TPSA) is 101 Å². The maximum Gasteiger partial charge on any atom is 0.410 e. The van der Waals surface area contributed by atoms with Crippen molar-refractivity contribution in [3.63, 3.8) is 0 Å². The number of fused-ring (bicyclic) bond motifs is 1. The summed E-state index contributed by atoms with van der Waals surface area (Å²) in [5, 5.41) is 3.86. The van der Waals surface area contributed by atoms with E-state index < -0.39 is 29.7 Å². The van der Waals surface area contributed by atoms with E-state index >= 15 is 0 Å². The molecule has 1 saturated heterocycles.